The standard InChI is InChI=1S/C29H35N2O4/c1-9-34-26(32)18-11-13-22-20(15-18)28(3,4)24(30(22)7)17-25-29(5,6)21-16-19(27(33)35-10-2)12-14-23(21)31(25)8/h11-17H,9-10H2,1-8H3/q+1. The fourth-order valence-corrected chi connectivity index (χ4v) is 5.40. The second-order valence-corrected chi connectivity index (χ2v) is 10.2. The van der Waals surface area contributed by atoms with Crippen LogP contribution in [0, 0.1) is 0 Å². The van der Waals surface area contributed by atoms with Crippen LogP contribution in [-0.2, 0) is 20.3 Å². The van der Waals surface area contributed by atoms with E-state index in [4.69, 9.17) is 9.47 Å². The molecule has 2 aliphatic rings. The minimum atomic E-state index is -0.318. The first-order valence-electron chi connectivity index (χ1n) is 12.2. The molecule has 0 unspecified atom stereocenters. The Morgan fingerprint density at radius 2 is 1.43 bits per heavy atom. The number of rotatable bonds is 5. The molecule has 0 aliphatic carbocycles. The summed E-state index contributed by atoms with van der Waals surface area (Å²) < 4.78 is 12.7. The molecule has 0 spiro atoms. The SMILES string of the molecule is CCOC(=O)c1ccc2c(c1)C(C)(C)C(/C=C1\N(C)c3ccc(C(=O)OCC)cc3C1(C)C)=[N+]2C. The third kappa shape index (κ3) is 3.85. The van der Waals surface area contributed by atoms with Crippen molar-refractivity contribution >= 4 is 29.0 Å². The Kier molecular flexibility index (Phi) is 6.12. The van der Waals surface area contributed by atoms with Gasteiger partial charge in [-0.1, -0.05) is 13.8 Å². The minimum absolute atomic E-state index is 0.301. The summed E-state index contributed by atoms with van der Waals surface area (Å²) in [6, 6.07) is 11.6. The number of nitrogens with zero attached hydrogens (tertiary/aromatic N) is 2. The zero-order valence-corrected chi connectivity index (χ0v) is 22.0. The first kappa shape index (κ1) is 24.7. The number of carbonyl (C=O) groups excluding carboxylic acids is 2. The van der Waals surface area contributed by atoms with Crippen molar-refractivity contribution in [1.82, 2.24) is 0 Å². The lowest BCUT2D eigenvalue weighted by Gasteiger charge is -2.25. The zero-order chi connectivity index (χ0) is 25.7. The molecule has 6 heteroatoms. The maximum atomic E-state index is 12.4. The second kappa shape index (κ2) is 8.67. The van der Waals surface area contributed by atoms with Gasteiger partial charge in [-0.05, 0) is 63.6 Å². The van der Waals surface area contributed by atoms with E-state index in [2.05, 4.69) is 57.3 Å². The fraction of sp³-hybridized carbons (Fsp3) is 0.414. The maximum absolute atomic E-state index is 12.4. The smallest absolute Gasteiger partial charge is 0.338 e. The van der Waals surface area contributed by atoms with Crippen LogP contribution < -0.4 is 4.90 Å². The van der Waals surface area contributed by atoms with Crippen molar-refractivity contribution in [2.24, 2.45) is 0 Å². The van der Waals surface area contributed by atoms with Crippen molar-refractivity contribution in [2.75, 3.05) is 32.2 Å². The van der Waals surface area contributed by atoms with E-state index in [0.29, 0.717) is 24.3 Å². The maximum Gasteiger partial charge on any atom is 0.338 e. The molecule has 2 aliphatic heterocycles. The van der Waals surface area contributed by atoms with Crippen molar-refractivity contribution in [3.63, 3.8) is 0 Å². The van der Waals surface area contributed by atoms with Gasteiger partial charge in [0.05, 0.1) is 29.8 Å². The van der Waals surface area contributed by atoms with Gasteiger partial charge in [0.2, 0.25) is 5.69 Å². The molecular formula is C29H35N2O4+. The number of esters is 2. The number of likely N-dealkylation sites (N-methyl/N-ethyl adjacent to an activating group) is 1. The molecule has 4 rings (SSSR count). The molecule has 2 heterocycles. The van der Waals surface area contributed by atoms with Crippen molar-refractivity contribution in [3.05, 3.63) is 70.4 Å². The molecule has 0 bridgehead atoms. The van der Waals surface area contributed by atoms with Gasteiger partial charge in [-0.15, -0.1) is 0 Å². The first-order valence-corrected chi connectivity index (χ1v) is 12.2. The topological polar surface area (TPSA) is 58.9 Å². The van der Waals surface area contributed by atoms with Gasteiger partial charge in [-0.25, -0.2) is 9.59 Å². The zero-order valence-electron chi connectivity index (χ0n) is 22.0. The van der Waals surface area contributed by atoms with Crippen LogP contribution in [-0.4, -0.2) is 49.5 Å². The third-order valence-electron chi connectivity index (χ3n) is 7.36. The molecule has 2 aromatic carbocycles. The Bertz CT molecular complexity index is 1280. The monoisotopic (exact) mass is 475 g/mol. The van der Waals surface area contributed by atoms with Gasteiger partial charge in [0, 0.05) is 41.6 Å². The Balaban J connectivity index is 1.77. The minimum Gasteiger partial charge on any atom is -0.462 e. The molecule has 0 N–H and O–H groups in total. The highest BCUT2D eigenvalue weighted by Crippen LogP contribution is 2.48. The van der Waals surface area contributed by atoms with Crippen molar-refractivity contribution in [3.8, 4) is 0 Å². The molecule has 0 atom stereocenters. The largest absolute Gasteiger partial charge is 0.462 e. The average molecular weight is 476 g/mol. The number of ether oxygens (including phenoxy) is 2. The number of allylic oxidation sites excluding steroid dienone is 2. The van der Waals surface area contributed by atoms with E-state index in [1.807, 2.05) is 50.2 Å². The number of carbonyl (C=O) groups is 2. The van der Waals surface area contributed by atoms with Gasteiger partial charge in [-0.2, -0.15) is 4.58 Å². The third-order valence-corrected chi connectivity index (χ3v) is 7.36. The van der Waals surface area contributed by atoms with Crippen molar-refractivity contribution < 1.29 is 23.6 Å². The summed E-state index contributed by atoms with van der Waals surface area (Å²) in [7, 11) is 4.13. The number of anilines is 1. The van der Waals surface area contributed by atoms with E-state index >= 15 is 0 Å². The number of hydrogen-bond acceptors (Lipinski definition) is 5. The van der Waals surface area contributed by atoms with Crippen LogP contribution in [0.3, 0.4) is 0 Å². The second-order valence-electron chi connectivity index (χ2n) is 10.2. The molecule has 0 aromatic heterocycles. The van der Waals surface area contributed by atoms with Gasteiger partial charge < -0.3 is 14.4 Å². The lowest BCUT2D eigenvalue weighted by atomic mass is 9.78. The summed E-state index contributed by atoms with van der Waals surface area (Å²) >= 11 is 0. The summed E-state index contributed by atoms with van der Waals surface area (Å²) in [5.41, 5.74) is 7.13. The van der Waals surface area contributed by atoms with E-state index in [1.54, 1.807) is 0 Å². The predicted molar refractivity (Wildman–Crippen MR) is 138 cm³/mol. The Hall–Kier alpha value is -3.41. The normalized spacial score (nSPS) is 18.5. The number of benzene rings is 2. The molecule has 2 aromatic rings. The van der Waals surface area contributed by atoms with Crippen LogP contribution in [0.2, 0.25) is 0 Å². The van der Waals surface area contributed by atoms with Gasteiger partial charge in [0.25, 0.3) is 0 Å². The average Bonchev–Trinajstić information content (AvgIpc) is 3.13. The molecule has 0 saturated heterocycles. The highest BCUT2D eigenvalue weighted by atomic mass is 16.5. The quantitative estimate of drug-likeness (QED) is 0.431. The van der Waals surface area contributed by atoms with Crippen LogP contribution in [0.1, 0.15) is 73.4 Å². The Morgan fingerprint density at radius 3 is 2.00 bits per heavy atom. The summed E-state index contributed by atoms with van der Waals surface area (Å²) in [5.74, 6) is -0.602. The van der Waals surface area contributed by atoms with Crippen LogP contribution >= 0.6 is 0 Å². The highest BCUT2D eigenvalue weighted by molar-refractivity contribution is 6.05. The van der Waals surface area contributed by atoms with Gasteiger partial charge >= 0.3 is 11.9 Å². The molecule has 0 radical (unpaired) electrons. The van der Waals surface area contributed by atoms with Crippen LogP contribution in [0.5, 0.6) is 0 Å². The molecular weight excluding hydrogens is 440 g/mol. The molecule has 6 nitrogen and oxygen atoms in total. The molecule has 0 fully saturated rings. The molecule has 0 amide bonds. The van der Waals surface area contributed by atoms with Gasteiger partial charge in [0.15, 0.2) is 5.71 Å². The predicted octanol–water partition coefficient (Wildman–Crippen LogP) is 5.36. The Morgan fingerprint density at radius 1 is 0.886 bits per heavy atom. The van der Waals surface area contributed by atoms with Crippen LogP contribution in [0.15, 0.2) is 48.2 Å². The van der Waals surface area contributed by atoms with E-state index < -0.39 is 0 Å². The van der Waals surface area contributed by atoms with Gasteiger partial charge in [-0.3, -0.25) is 0 Å². The van der Waals surface area contributed by atoms with E-state index in [1.165, 1.54) is 0 Å². The molecule has 0 saturated carbocycles. The summed E-state index contributed by atoms with van der Waals surface area (Å²) in [6.07, 6.45) is 2.26. The number of fused-ring (bicyclic) bond motifs is 2. The first-order chi connectivity index (χ1) is 16.4. The summed E-state index contributed by atoms with van der Waals surface area (Å²) in [5, 5.41) is 0. The number of hydrogen-bond donors (Lipinski definition) is 0. The lowest BCUT2D eigenvalue weighted by molar-refractivity contribution is -0.401. The lowest BCUT2D eigenvalue weighted by Crippen LogP contribution is -2.31. The van der Waals surface area contributed by atoms with Crippen LogP contribution in [0.25, 0.3) is 0 Å². The van der Waals surface area contributed by atoms with Gasteiger partial charge in [0.1, 0.15) is 7.05 Å². The summed E-state index contributed by atoms with van der Waals surface area (Å²) in [4.78, 5) is 26.9. The Labute approximate surface area is 207 Å². The van der Waals surface area contributed by atoms with Crippen molar-refractivity contribution in [1.29, 1.82) is 0 Å². The van der Waals surface area contributed by atoms with Crippen LogP contribution in [0.4, 0.5) is 11.4 Å². The molecule has 35 heavy (non-hydrogen) atoms. The molecule has 184 valence electrons. The summed E-state index contributed by atoms with van der Waals surface area (Å²) in [6.45, 7) is 13.1. The van der Waals surface area contributed by atoms with E-state index in [0.717, 1.165) is 33.9 Å². The highest BCUT2D eigenvalue weighted by Gasteiger charge is 2.46. The van der Waals surface area contributed by atoms with E-state index in [9.17, 15) is 9.59 Å². The van der Waals surface area contributed by atoms with E-state index in [-0.39, 0.29) is 22.8 Å². The van der Waals surface area contributed by atoms with Crippen molar-refractivity contribution in [2.45, 2.75) is 52.4 Å². The fourth-order valence-electron chi connectivity index (χ4n) is 5.40.